The topological polar surface area (TPSA) is 138 Å². The maximum atomic E-state index is 11.9. The van der Waals surface area contributed by atoms with Crippen molar-refractivity contribution in [2.45, 2.75) is 13.0 Å². The van der Waals surface area contributed by atoms with Gasteiger partial charge in [0.15, 0.2) is 5.96 Å². The lowest BCUT2D eigenvalue weighted by atomic mass is 10.1. The zero-order valence-electron chi connectivity index (χ0n) is 18.1. The minimum Gasteiger partial charge on any atom is -0.368 e. The molecule has 9 nitrogen and oxygen atoms in total. The number of hydrogen-bond donors (Lipinski definition) is 5. The summed E-state index contributed by atoms with van der Waals surface area (Å²) in [7, 11) is 3.30. The normalized spacial score (nSPS) is 10.5. The molecule has 2 aromatic carbocycles. The highest BCUT2D eigenvalue weighted by molar-refractivity contribution is 14.0. The lowest BCUT2D eigenvalue weighted by molar-refractivity contribution is -0.117. The van der Waals surface area contributed by atoms with Crippen molar-refractivity contribution in [1.82, 2.24) is 21.3 Å². The highest BCUT2D eigenvalue weighted by Gasteiger charge is 2.07. The average molecular weight is 552 g/mol. The quantitative estimate of drug-likeness (QED) is 0.178. The third-order valence-corrected chi connectivity index (χ3v) is 4.45. The molecule has 3 amide bonds. The predicted molar refractivity (Wildman–Crippen MR) is 135 cm³/mol. The van der Waals surface area contributed by atoms with Gasteiger partial charge in [0, 0.05) is 38.3 Å². The van der Waals surface area contributed by atoms with Gasteiger partial charge in [0.05, 0.1) is 6.54 Å². The number of carbonyl (C=O) groups is 3. The molecular weight excluding hydrogens is 523 g/mol. The van der Waals surface area contributed by atoms with Gasteiger partial charge in [0.25, 0.3) is 11.8 Å². The van der Waals surface area contributed by atoms with Crippen LogP contribution in [0.1, 0.15) is 31.8 Å². The molecule has 2 rings (SSSR count). The van der Waals surface area contributed by atoms with Crippen molar-refractivity contribution in [2.75, 3.05) is 27.2 Å². The first-order chi connectivity index (χ1) is 14.9. The van der Waals surface area contributed by atoms with Gasteiger partial charge >= 0.3 is 0 Å². The fourth-order valence-corrected chi connectivity index (χ4v) is 2.79. The van der Waals surface area contributed by atoms with E-state index < -0.39 is 5.91 Å². The second-order valence-electron chi connectivity index (χ2n) is 6.73. The van der Waals surface area contributed by atoms with Gasteiger partial charge in [-0.15, -0.1) is 24.0 Å². The highest BCUT2D eigenvalue weighted by atomic mass is 127. The Morgan fingerprint density at radius 1 is 0.906 bits per heavy atom. The van der Waals surface area contributed by atoms with E-state index in [9.17, 15) is 14.4 Å². The smallest absolute Gasteiger partial charge is 0.251 e. The molecular formula is C22H29IN6O3. The summed E-state index contributed by atoms with van der Waals surface area (Å²) in [4.78, 5) is 38.6. The van der Waals surface area contributed by atoms with Crippen LogP contribution in [0.4, 0.5) is 0 Å². The summed E-state index contributed by atoms with van der Waals surface area (Å²) in [6, 6.07) is 14.5. The van der Waals surface area contributed by atoms with Gasteiger partial charge in [0.2, 0.25) is 5.91 Å². The van der Waals surface area contributed by atoms with E-state index in [1.807, 2.05) is 30.3 Å². The van der Waals surface area contributed by atoms with Crippen LogP contribution in [0, 0.1) is 0 Å². The van der Waals surface area contributed by atoms with E-state index in [1.165, 1.54) is 0 Å². The summed E-state index contributed by atoms with van der Waals surface area (Å²) < 4.78 is 0. The van der Waals surface area contributed by atoms with E-state index in [2.05, 4.69) is 26.3 Å². The van der Waals surface area contributed by atoms with E-state index in [0.717, 1.165) is 17.5 Å². The Morgan fingerprint density at radius 2 is 1.62 bits per heavy atom. The molecule has 2 aromatic rings. The van der Waals surface area contributed by atoms with Crippen molar-refractivity contribution in [2.24, 2.45) is 10.7 Å². The highest BCUT2D eigenvalue weighted by Crippen LogP contribution is 2.06. The van der Waals surface area contributed by atoms with Crippen LogP contribution in [0.25, 0.3) is 0 Å². The Kier molecular flexibility index (Phi) is 11.8. The van der Waals surface area contributed by atoms with Crippen LogP contribution in [0.2, 0.25) is 0 Å². The van der Waals surface area contributed by atoms with Crippen LogP contribution in [0.5, 0.6) is 0 Å². The molecule has 0 spiro atoms. The average Bonchev–Trinajstić information content (AvgIpc) is 2.79. The van der Waals surface area contributed by atoms with E-state index >= 15 is 0 Å². The first-order valence-electron chi connectivity index (χ1n) is 9.84. The van der Waals surface area contributed by atoms with Gasteiger partial charge in [-0.25, -0.2) is 0 Å². The summed E-state index contributed by atoms with van der Waals surface area (Å²) in [5.74, 6) is -0.405. The van der Waals surface area contributed by atoms with E-state index in [0.29, 0.717) is 30.2 Å². The standard InChI is InChI=1S/C22H28N6O3.HI/c1-24-20(30)18-5-3-4-15(12-18)10-11-26-22(25-2)28-13-16-6-8-17(9-7-16)21(31)27-14-19(23)29;/h3-9,12H,10-11,13-14H2,1-2H3,(H2,23,29)(H,24,30)(H,27,31)(H2,25,26,28);1H. The second-order valence-corrected chi connectivity index (χ2v) is 6.73. The number of nitrogens with one attached hydrogen (secondary N) is 4. The van der Waals surface area contributed by atoms with Crippen molar-refractivity contribution in [3.63, 3.8) is 0 Å². The minimum absolute atomic E-state index is 0. The third-order valence-electron chi connectivity index (χ3n) is 4.45. The van der Waals surface area contributed by atoms with Crippen LogP contribution in [-0.4, -0.2) is 50.9 Å². The van der Waals surface area contributed by atoms with Gasteiger partial charge in [-0.2, -0.15) is 0 Å². The first kappa shape index (κ1) is 26.9. The zero-order chi connectivity index (χ0) is 22.6. The number of halogens is 1. The first-order valence-corrected chi connectivity index (χ1v) is 9.84. The molecule has 0 atom stereocenters. The fourth-order valence-electron chi connectivity index (χ4n) is 2.79. The summed E-state index contributed by atoms with van der Waals surface area (Å²) >= 11 is 0. The molecule has 0 bridgehead atoms. The van der Waals surface area contributed by atoms with Crippen molar-refractivity contribution in [3.05, 3.63) is 70.8 Å². The Balaban J connectivity index is 0.00000512. The number of benzene rings is 2. The number of aliphatic imine (C=N–C) groups is 1. The number of rotatable bonds is 9. The van der Waals surface area contributed by atoms with E-state index in [1.54, 1.807) is 32.3 Å². The number of guanidine groups is 1. The fraction of sp³-hybridized carbons (Fsp3) is 0.273. The summed E-state index contributed by atoms with van der Waals surface area (Å²) in [6.45, 7) is 0.977. The van der Waals surface area contributed by atoms with Gasteiger partial charge in [-0.1, -0.05) is 24.3 Å². The molecule has 10 heteroatoms. The number of primary amides is 1. The Hall–Kier alpha value is -3.15. The number of amides is 3. The molecule has 0 radical (unpaired) electrons. The molecule has 0 aliphatic rings. The SMILES string of the molecule is CN=C(NCCc1cccc(C(=O)NC)c1)NCc1ccc(C(=O)NCC(N)=O)cc1.I. The van der Waals surface area contributed by atoms with Gasteiger partial charge < -0.3 is 27.0 Å². The van der Waals surface area contributed by atoms with Gasteiger partial charge in [0.1, 0.15) is 0 Å². The van der Waals surface area contributed by atoms with Crippen molar-refractivity contribution in [3.8, 4) is 0 Å². The molecule has 0 unspecified atom stereocenters. The monoisotopic (exact) mass is 552 g/mol. The van der Waals surface area contributed by atoms with E-state index in [4.69, 9.17) is 5.73 Å². The summed E-state index contributed by atoms with van der Waals surface area (Å²) in [6.07, 6.45) is 0.737. The zero-order valence-corrected chi connectivity index (χ0v) is 20.4. The molecule has 172 valence electrons. The minimum atomic E-state index is -0.591. The number of nitrogens with zero attached hydrogens (tertiary/aromatic N) is 1. The van der Waals surface area contributed by atoms with Crippen molar-refractivity contribution >= 4 is 47.7 Å². The lowest BCUT2D eigenvalue weighted by Crippen LogP contribution is -2.37. The summed E-state index contributed by atoms with van der Waals surface area (Å²) in [5.41, 5.74) is 8.12. The maximum absolute atomic E-state index is 11.9. The van der Waals surface area contributed by atoms with Crippen LogP contribution in [0.15, 0.2) is 53.5 Å². The third kappa shape index (κ3) is 8.92. The Labute approximate surface area is 204 Å². The molecule has 32 heavy (non-hydrogen) atoms. The molecule has 0 saturated carbocycles. The van der Waals surface area contributed by atoms with Crippen LogP contribution < -0.4 is 27.0 Å². The lowest BCUT2D eigenvalue weighted by Gasteiger charge is -2.12. The maximum Gasteiger partial charge on any atom is 0.251 e. The van der Waals surface area contributed by atoms with Gasteiger partial charge in [-0.3, -0.25) is 19.4 Å². The second kappa shape index (κ2) is 14.0. The summed E-state index contributed by atoms with van der Waals surface area (Å²) in [5, 5.41) is 11.5. The molecule has 6 N–H and O–H groups in total. The van der Waals surface area contributed by atoms with Crippen LogP contribution in [0.3, 0.4) is 0 Å². The Morgan fingerprint density at radius 3 is 2.25 bits per heavy atom. The number of nitrogens with two attached hydrogens (primary N) is 1. The largest absolute Gasteiger partial charge is 0.368 e. The predicted octanol–water partition coefficient (Wildman–Crippen LogP) is 0.787. The molecule has 0 fully saturated rings. The number of hydrogen-bond acceptors (Lipinski definition) is 4. The number of carbonyl (C=O) groups excluding carboxylic acids is 3. The molecule has 0 aliphatic heterocycles. The van der Waals surface area contributed by atoms with E-state index in [-0.39, 0.29) is 42.3 Å². The Bertz CT molecular complexity index is 947. The van der Waals surface area contributed by atoms with Crippen molar-refractivity contribution in [1.29, 1.82) is 0 Å². The molecule has 0 aromatic heterocycles. The molecule has 0 aliphatic carbocycles. The molecule has 0 heterocycles. The van der Waals surface area contributed by atoms with Crippen molar-refractivity contribution < 1.29 is 14.4 Å². The van der Waals surface area contributed by atoms with Crippen LogP contribution >= 0.6 is 24.0 Å². The van der Waals surface area contributed by atoms with Crippen LogP contribution in [-0.2, 0) is 17.8 Å². The molecule has 0 saturated heterocycles. The van der Waals surface area contributed by atoms with Gasteiger partial charge in [-0.05, 0) is 41.8 Å².